The molecular weight excluding hydrogens is 346 g/mol. The van der Waals surface area contributed by atoms with E-state index in [4.69, 9.17) is 4.74 Å². The van der Waals surface area contributed by atoms with Crippen molar-refractivity contribution in [2.45, 2.75) is 52.2 Å². The molecule has 1 heterocycles. The maximum atomic E-state index is 11.8. The van der Waals surface area contributed by atoms with E-state index < -0.39 is 17.7 Å². The van der Waals surface area contributed by atoms with Gasteiger partial charge in [-0.1, -0.05) is 18.2 Å². The number of hydrogen-bond donors (Lipinski definition) is 2. The third kappa shape index (κ3) is 4.61. The lowest BCUT2D eigenvalue weighted by molar-refractivity contribution is 0.0523. The number of carbonyl (C=O) groups is 2. The summed E-state index contributed by atoms with van der Waals surface area (Å²) in [6.07, 6.45) is 1.88. The number of alkyl carbamates (subject to hydrolysis) is 1. The molecule has 7 nitrogen and oxygen atoms in total. The van der Waals surface area contributed by atoms with Gasteiger partial charge in [0.05, 0.1) is 0 Å². The predicted octanol–water partition coefficient (Wildman–Crippen LogP) is 3.36. The van der Waals surface area contributed by atoms with Crippen molar-refractivity contribution in [3.05, 3.63) is 46.8 Å². The van der Waals surface area contributed by atoms with Crippen molar-refractivity contribution in [1.29, 1.82) is 0 Å². The van der Waals surface area contributed by atoms with E-state index in [0.717, 1.165) is 35.2 Å². The van der Waals surface area contributed by atoms with Crippen LogP contribution in [0.3, 0.4) is 0 Å². The molecule has 0 unspecified atom stereocenters. The topological polar surface area (TPSA) is 101 Å². The van der Waals surface area contributed by atoms with E-state index in [0.29, 0.717) is 18.8 Å². The molecule has 1 amide bonds. The smallest absolute Gasteiger partial charge is 0.407 e. The molecule has 27 heavy (non-hydrogen) atoms. The minimum absolute atomic E-state index is 0.0878. The van der Waals surface area contributed by atoms with Crippen LogP contribution in [0, 0.1) is 0 Å². The third-order valence-corrected chi connectivity index (χ3v) is 4.16. The highest BCUT2D eigenvalue weighted by atomic mass is 16.6. The highest BCUT2D eigenvalue weighted by Gasteiger charge is 2.23. The number of fused-ring (bicyclic) bond motifs is 1. The van der Waals surface area contributed by atoms with E-state index in [1.807, 2.05) is 24.3 Å². The van der Waals surface area contributed by atoms with Crippen LogP contribution in [0.4, 0.5) is 4.79 Å². The van der Waals surface area contributed by atoms with Crippen LogP contribution in [-0.4, -0.2) is 32.7 Å². The molecule has 0 saturated carbocycles. The van der Waals surface area contributed by atoms with Crippen molar-refractivity contribution < 1.29 is 19.4 Å². The van der Waals surface area contributed by atoms with E-state index in [9.17, 15) is 14.7 Å². The number of carboxylic acid groups (broad SMARTS) is 1. The lowest BCUT2D eigenvalue weighted by Gasteiger charge is -2.19. The number of carbonyl (C=O) groups excluding carboxylic acids is 1. The first-order valence-corrected chi connectivity index (χ1v) is 8.92. The number of aryl methyl sites for hydroxylation is 1. The van der Waals surface area contributed by atoms with Crippen molar-refractivity contribution in [1.82, 2.24) is 15.3 Å². The maximum Gasteiger partial charge on any atom is 0.407 e. The second kappa shape index (κ2) is 7.34. The number of ether oxygens (including phenoxy) is 1. The number of benzene rings is 1. The minimum Gasteiger partial charge on any atom is -0.476 e. The highest BCUT2D eigenvalue weighted by Crippen LogP contribution is 2.26. The van der Waals surface area contributed by atoms with Gasteiger partial charge in [0.2, 0.25) is 0 Å². The molecule has 0 aliphatic heterocycles. The zero-order chi connectivity index (χ0) is 19.6. The van der Waals surface area contributed by atoms with Crippen LogP contribution in [-0.2, 0) is 24.1 Å². The number of carboxylic acids is 1. The second-order valence-electron chi connectivity index (χ2n) is 7.54. The largest absolute Gasteiger partial charge is 0.476 e. The Morgan fingerprint density at radius 3 is 2.70 bits per heavy atom. The normalized spacial score (nSPS) is 13.1. The summed E-state index contributed by atoms with van der Waals surface area (Å²) in [4.78, 5) is 32.2. The van der Waals surface area contributed by atoms with Gasteiger partial charge in [-0.25, -0.2) is 19.6 Å². The van der Waals surface area contributed by atoms with E-state index in [1.165, 1.54) is 0 Å². The fourth-order valence-corrected chi connectivity index (χ4v) is 3.05. The summed E-state index contributed by atoms with van der Waals surface area (Å²) in [5.74, 6) is -0.633. The number of hydrogen-bond acceptors (Lipinski definition) is 5. The molecule has 0 fully saturated rings. The number of aromatic carboxylic acids is 1. The average Bonchev–Trinajstić information content (AvgIpc) is 3.06. The van der Waals surface area contributed by atoms with Crippen LogP contribution < -0.4 is 5.32 Å². The van der Waals surface area contributed by atoms with Crippen molar-refractivity contribution in [2.24, 2.45) is 0 Å². The molecule has 7 heteroatoms. The second-order valence-corrected chi connectivity index (χ2v) is 7.54. The molecule has 0 atom stereocenters. The van der Waals surface area contributed by atoms with Gasteiger partial charge in [-0.15, -0.1) is 0 Å². The molecule has 2 N–H and O–H groups in total. The summed E-state index contributed by atoms with van der Waals surface area (Å²) >= 11 is 0. The summed E-state index contributed by atoms with van der Waals surface area (Å²) in [6, 6.07) is 7.38. The molecule has 1 aromatic carbocycles. The van der Waals surface area contributed by atoms with Gasteiger partial charge in [0.1, 0.15) is 5.60 Å². The van der Waals surface area contributed by atoms with Crippen LogP contribution in [0.25, 0.3) is 11.4 Å². The summed E-state index contributed by atoms with van der Waals surface area (Å²) < 4.78 is 5.23. The molecule has 3 rings (SSSR count). The first-order chi connectivity index (χ1) is 12.7. The van der Waals surface area contributed by atoms with Gasteiger partial charge in [-0.05, 0) is 51.7 Å². The number of nitrogens with zero attached hydrogens (tertiary/aromatic N) is 2. The zero-order valence-corrected chi connectivity index (χ0v) is 15.7. The van der Waals surface area contributed by atoms with Crippen molar-refractivity contribution in [3.8, 4) is 11.4 Å². The number of amides is 1. The van der Waals surface area contributed by atoms with Crippen molar-refractivity contribution in [2.75, 3.05) is 0 Å². The molecule has 1 aromatic heterocycles. The van der Waals surface area contributed by atoms with Crippen molar-refractivity contribution >= 4 is 12.1 Å². The van der Waals surface area contributed by atoms with Gasteiger partial charge in [0.15, 0.2) is 11.5 Å². The fourth-order valence-electron chi connectivity index (χ4n) is 3.05. The Hall–Kier alpha value is -2.96. The number of aromatic nitrogens is 2. The summed E-state index contributed by atoms with van der Waals surface area (Å²) in [6.45, 7) is 5.70. The van der Waals surface area contributed by atoms with Gasteiger partial charge in [-0.2, -0.15) is 0 Å². The average molecular weight is 369 g/mol. The Bertz CT molecular complexity index is 887. The Morgan fingerprint density at radius 1 is 1.22 bits per heavy atom. The van der Waals surface area contributed by atoms with Crippen molar-refractivity contribution in [3.63, 3.8) is 0 Å². The number of rotatable bonds is 4. The predicted molar refractivity (Wildman–Crippen MR) is 99.5 cm³/mol. The van der Waals surface area contributed by atoms with Crippen LogP contribution in [0.15, 0.2) is 24.3 Å². The molecule has 0 bridgehead atoms. The molecule has 1 aliphatic rings. The van der Waals surface area contributed by atoms with E-state index in [2.05, 4.69) is 15.3 Å². The van der Waals surface area contributed by atoms with Gasteiger partial charge >= 0.3 is 12.1 Å². The highest BCUT2D eigenvalue weighted by molar-refractivity contribution is 5.88. The van der Waals surface area contributed by atoms with Gasteiger partial charge in [-0.3, -0.25) is 0 Å². The van der Waals surface area contributed by atoms with E-state index in [-0.39, 0.29) is 5.69 Å². The Kier molecular flexibility index (Phi) is 5.12. The van der Waals surface area contributed by atoms with Crippen LogP contribution in [0.2, 0.25) is 0 Å². The van der Waals surface area contributed by atoms with Gasteiger partial charge in [0, 0.05) is 23.4 Å². The lowest BCUT2D eigenvalue weighted by atomic mass is 10.1. The summed E-state index contributed by atoms with van der Waals surface area (Å²) in [5.41, 5.74) is 2.65. The molecular formula is C20H23N3O4. The third-order valence-electron chi connectivity index (χ3n) is 4.16. The monoisotopic (exact) mass is 369 g/mol. The van der Waals surface area contributed by atoms with Gasteiger partial charge in [0.25, 0.3) is 0 Å². The fraction of sp³-hybridized carbons (Fsp3) is 0.400. The molecule has 1 aliphatic carbocycles. The van der Waals surface area contributed by atoms with Gasteiger partial charge < -0.3 is 15.2 Å². The van der Waals surface area contributed by atoms with Crippen LogP contribution in [0.5, 0.6) is 0 Å². The zero-order valence-electron chi connectivity index (χ0n) is 15.7. The van der Waals surface area contributed by atoms with E-state index in [1.54, 1.807) is 20.8 Å². The lowest BCUT2D eigenvalue weighted by Crippen LogP contribution is -2.32. The van der Waals surface area contributed by atoms with Crippen LogP contribution >= 0.6 is 0 Å². The Balaban J connectivity index is 1.81. The minimum atomic E-state index is -1.03. The molecule has 0 radical (unpaired) electrons. The quantitative estimate of drug-likeness (QED) is 0.857. The Morgan fingerprint density at radius 2 is 2.00 bits per heavy atom. The summed E-state index contributed by atoms with van der Waals surface area (Å²) in [7, 11) is 0. The summed E-state index contributed by atoms with van der Waals surface area (Å²) in [5, 5.41) is 12.2. The number of nitrogens with one attached hydrogen (secondary N) is 1. The molecule has 0 saturated heterocycles. The van der Waals surface area contributed by atoms with E-state index >= 15 is 0 Å². The standard InChI is InChI=1S/C20H23N3O4/c1-20(2,3)27-19(26)21-11-12-6-4-7-13(10-12)17-22-15-9-5-8-14(15)16(23-17)18(24)25/h4,6-7,10H,5,8-9,11H2,1-3H3,(H,21,26)(H,24,25). The molecule has 0 spiro atoms. The SMILES string of the molecule is CC(C)(C)OC(=O)NCc1cccc(-c2nc3c(c(C(=O)O)n2)CCC3)c1. The molecule has 2 aromatic rings. The molecule has 142 valence electrons. The van der Waals surface area contributed by atoms with Crippen LogP contribution in [0.1, 0.15) is 54.5 Å². The maximum absolute atomic E-state index is 11.8. The first kappa shape index (κ1) is 18.8. The Labute approximate surface area is 157 Å². The first-order valence-electron chi connectivity index (χ1n) is 8.92.